The fourth-order valence-electron chi connectivity index (χ4n) is 3.07. The van der Waals surface area contributed by atoms with Gasteiger partial charge in [0.15, 0.2) is 11.5 Å². The average Bonchev–Trinajstić information content (AvgIpc) is 2.78. The van der Waals surface area contributed by atoms with Crippen molar-refractivity contribution in [1.82, 2.24) is 0 Å². The minimum Gasteiger partial charge on any atom is -0.493 e. The summed E-state index contributed by atoms with van der Waals surface area (Å²) in [4.78, 5) is 23.5. The van der Waals surface area contributed by atoms with Crippen molar-refractivity contribution in [2.24, 2.45) is 0 Å². The summed E-state index contributed by atoms with van der Waals surface area (Å²) in [5.41, 5.74) is 0.720. The SMILES string of the molecule is CCO[Si](CCCCCC(=O)Oc1ccc(/C=C/C(=O)OC)cc1OC)(OCC)OCC. The number of carbonyl (C=O) groups is 2. The number of esters is 2. The molecule has 0 fully saturated rings. The smallest absolute Gasteiger partial charge is 0.493 e. The van der Waals surface area contributed by atoms with Gasteiger partial charge in [-0.25, -0.2) is 4.79 Å². The van der Waals surface area contributed by atoms with E-state index in [2.05, 4.69) is 4.74 Å². The molecule has 0 N–H and O–H groups in total. The zero-order valence-electron chi connectivity index (χ0n) is 19.8. The maximum atomic E-state index is 12.3. The average molecular weight is 469 g/mol. The predicted molar refractivity (Wildman–Crippen MR) is 124 cm³/mol. The van der Waals surface area contributed by atoms with E-state index in [1.54, 1.807) is 24.3 Å². The number of rotatable bonds is 16. The molecule has 0 heterocycles. The van der Waals surface area contributed by atoms with Crippen LogP contribution >= 0.6 is 0 Å². The lowest BCUT2D eigenvalue weighted by Crippen LogP contribution is -2.45. The topological polar surface area (TPSA) is 89.5 Å². The third-order valence-corrected chi connectivity index (χ3v) is 7.63. The van der Waals surface area contributed by atoms with Crippen molar-refractivity contribution in [1.29, 1.82) is 0 Å². The first-order valence-electron chi connectivity index (χ1n) is 11.0. The van der Waals surface area contributed by atoms with Gasteiger partial charge in [0.2, 0.25) is 0 Å². The Kier molecular flexibility index (Phi) is 13.5. The Morgan fingerprint density at radius 2 is 1.56 bits per heavy atom. The Hall–Kier alpha value is -2.20. The van der Waals surface area contributed by atoms with Crippen LogP contribution in [0.5, 0.6) is 11.5 Å². The van der Waals surface area contributed by atoms with E-state index in [1.165, 1.54) is 20.3 Å². The predicted octanol–water partition coefficient (Wildman–Crippen LogP) is 4.40. The lowest BCUT2D eigenvalue weighted by atomic mass is 10.2. The summed E-state index contributed by atoms with van der Waals surface area (Å²) in [5, 5.41) is 0. The van der Waals surface area contributed by atoms with Gasteiger partial charge in [-0.15, -0.1) is 0 Å². The number of carbonyl (C=O) groups excluding carboxylic acids is 2. The molecule has 0 amide bonds. The van der Waals surface area contributed by atoms with Crippen molar-refractivity contribution in [2.75, 3.05) is 34.0 Å². The van der Waals surface area contributed by atoms with Gasteiger partial charge in [-0.1, -0.05) is 12.5 Å². The molecule has 1 rings (SSSR count). The van der Waals surface area contributed by atoms with Gasteiger partial charge in [-0.3, -0.25) is 4.79 Å². The summed E-state index contributed by atoms with van der Waals surface area (Å²) in [6.45, 7) is 7.47. The maximum absolute atomic E-state index is 12.3. The van der Waals surface area contributed by atoms with E-state index in [-0.39, 0.29) is 5.97 Å². The normalized spacial score (nSPS) is 11.5. The molecule has 0 aliphatic heterocycles. The Labute approximate surface area is 192 Å². The van der Waals surface area contributed by atoms with Crippen LogP contribution in [0.1, 0.15) is 52.0 Å². The van der Waals surface area contributed by atoms with Crippen molar-refractivity contribution in [3.8, 4) is 11.5 Å². The first-order chi connectivity index (χ1) is 15.4. The van der Waals surface area contributed by atoms with E-state index in [1.807, 2.05) is 20.8 Å². The third-order valence-electron chi connectivity index (χ3n) is 4.48. The molecule has 0 aromatic heterocycles. The molecule has 0 aliphatic carbocycles. The second-order valence-corrected chi connectivity index (χ2v) is 9.52. The fourth-order valence-corrected chi connectivity index (χ4v) is 5.75. The van der Waals surface area contributed by atoms with E-state index in [0.717, 1.165) is 24.4 Å². The van der Waals surface area contributed by atoms with E-state index in [0.29, 0.717) is 44.2 Å². The highest BCUT2D eigenvalue weighted by atomic mass is 28.4. The van der Waals surface area contributed by atoms with E-state index in [9.17, 15) is 9.59 Å². The van der Waals surface area contributed by atoms with Crippen LogP contribution in [-0.2, 0) is 27.6 Å². The monoisotopic (exact) mass is 468 g/mol. The van der Waals surface area contributed by atoms with Crippen LogP contribution in [0.4, 0.5) is 0 Å². The number of ether oxygens (including phenoxy) is 3. The van der Waals surface area contributed by atoms with Crippen LogP contribution in [0.25, 0.3) is 6.08 Å². The van der Waals surface area contributed by atoms with E-state index >= 15 is 0 Å². The number of hydrogen-bond donors (Lipinski definition) is 0. The van der Waals surface area contributed by atoms with Crippen molar-refractivity contribution >= 4 is 26.8 Å². The molecule has 0 radical (unpaired) electrons. The zero-order chi connectivity index (χ0) is 23.8. The molecule has 0 atom stereocenters. The number of methoxy groups -OCH3 is 2. The molecule has 0 aliphatic rings. The molecule has 1 aromatic carbocycles. The minimum absolute atomic E-state index is 0.291. The summed E-state index contributed by atoms with van der Waals surface area (Å²) in [6, 6.07) is 5.78. The van der Waals surface area contributed by atoms with Gasteiger partial charge in [-0.2, -0.15) is 0 Å². The van der Waals surface area contributed by atoms with Gasteiger partial charge in [0.25, 0.3) is 0 Å². The molecular formula is C23H36O8Si. The highest BCUT2D eigenvalue weighted by molar-refractivity contribution is 6.60. The van der Waals surface area contributed by atoms with Crippen LogP contribution in [0.2, 0.25) is 6.04 Å². The van der Waals surface area contributed by atoms with E-state index in [4.69, 9.17) is 22.8 Å². The molecule has 32 heavy (non-hydrogen) atoms. The van der Waals surface area contributed by atoms with Crippen molar-refractivity contribution in [3.05, 3.63) is 29.8 Å². The summed E-state index contributed by atoms with van der Waals surface area (Å²) in [6.07, 6.45) is 5.57. The van der Waals surface area contributed by atoms with Gasteiger partial charge >= 0.3 is 20.7 Å². The highest BCUT2D eigenvalue weighted by Gasteiger charge is 2.39. The van der Waals surface area contributed by atoms with Crippen LogP contribution < -0.4 is 9.47 Å². The van der Waals surface area contributed by atoms with Crippen molar-refractivity contribution < 1.29 is 37.1 Å². The molecule has 9 heteroatoms. The van der Waals surface area contributed by atoms with Crippen LogP contribution in [-0.4, -0.2) is 54.8 Å². The summed E-state index contributed by atoms with van der Waals surface area (Å²) in [7, 11) is 0.167. The van der Waals surface area contributed by atoms with Gasteiger partial charge in [0, 0.05) is 38.4 Å². The molecule has 0 saturated heterocycles. The number of unbranched alkanes of at least 4 members (excludes halogenated alkanes) is 2. The van der Waals surface area contributed by atoms with Crippen LogP contribution in [0.15, 0.2) is 24.3 Å². The van der Waals surface area contributed by atoms with Gasteiger partial charge < -0.3 is 27.5 Å². The van der Waals surface area contributed by atoms with Gasteiger partial charge in [0.05, 0.1) is 14.2 Å². The summed E-state index contributed by atoms with van der Waals surface area (Å²) in [5.74, 6) is -0.0401. The molecule has 0 saturated carbocycles. The molecule has 0 spiro atoms. The van der Waals surface area contributed by atoms with Gasteiger partial charge in [0.1, 0.15) is 0 Å². The van der Waals surface area contributed by atoms with Crippen molar-refractivity contribution in [3.63, 3.8) is 0 Å². The molecular weight excluding hydrogens is 432 g/mol. The first kappa shape index (κ1) is 27.8. The first-order valence-corrected chi connectivity index (χ1v) is 12.9. The molecule has 8 nitrogen and oxygen atoms in total. The Morgan fingerprint density at radius 3 is 2.12 bits per heavy atom. The molecule has 180 valence electrons. The Bertz CT molecular complexity index is 718. The lowest BCUT2D eigenvalue weighted by molar-refractivity contribution is -0.135. The number of hydrogen-bond acceptors (Lipinski definition) is 8. The molecule has 0 bridgehead atoms. The molecule has 0 unspecified atom stereocenters. The Balaban J connectivity index is 2.53. The lowest BCUT2D eigenvalue weighted by Gasteiger charge is -2.28. The second kappa shape index (κ2) is 15.6. The third kappa shape index (κ3) is 9.95. The summed E-state index contributed by atoms with van der Waals surface area (Å²) >= 11 is 0. The van der Waals surface area contributed by atoms with Crippen LogP contribution in [0.3, 0.4) is 0 Å². The van der Waals surface area contributed by atoms with Crippen LogP contribution in [0, 0.1) is 0 Å². The zero-order valence-corrected chi connectivity index (χ0v) is 20.8. The second-order valence-electron chi connectivity index (χ2n) is 6.78. The highest BCUT2D eigenvalue weighted by Crippen LogP contribution is 2.29. The van der Waals surface area contributed by atoms with Gasteiger partial charge in [-0.05, 0) is 57.4 Å². The van der Waals surface area contributed by atoms with Crippen molar-refractivity contribution in [2.45, 2.75) is 52.5 Å². The summed E-state index contributed by atoms with van der Waals surface area (Å²) < 4.78 is 32.9. The standard InChI is InChI=1S/C23H36O8Si/c1-6-28-32(29-7-2,30-8-3)17-11-9-10-12-23(25)31-20-15-13-19(18-21(20)26-4)14-16-22(24)27-5/h13-16,18H,6-12,17H2,1-5H3/b16-14+. The van der Waals surface area contributed by atoms with E-state index < -0.39 is 14.8 Å². The molecule has 1 aromatic rings. The number of benzene rings is 1. The minimum atomic E-state index is -2.64. The maximum Gasteiger partial charge on any atom is 0.500 e. The quantitative estimate of drug-likeness (QED) is 0.116. The largest absolute Gasteiger partial charge is 0.500 e. The fraction of sp³-hybridized carbons (Fsp3) is 0.565. The Morgan fingerprint density at radius 1 is 0.906 bits per heavy atom.